The predicted octanol–water partition coefficient (Wildman–Crippen LogP) is 2.73. The van der Waals surface area contributed by atoms with Gasteiger partial charge in [-0.1, -0.05) is 0 Å². The second-order valence-corrected chi connectivity index (χ2v) is 8.96. The monoisotopic (exact) mass is 458 g/mol. The quantitative estimate of drug-likeness (QED) is 0.733. The summed E-state index contributed by atoms with van der Waals surface area (Å²) in [5.41, 5.74) is -1.49. The van der Waals surface area contributed by atoms with E-state index in [-0.39, 0.29) is 18.0 Å². The van der Waals surface area contributed by atoms with Gasteiger partial charge in [0.15, 0.2) is 0 Å². The second kappa shape index (κ2) is 9.37. The Morgan fingerprint density at radius 1 is 1.03 bits per heavy atom. The Morgan fingerprint density at radius 2 is 1.66 bits per heavy atom. The number of hydrogen-bond acceptors (Lipinski definition) is 6. The standard InChI is InChI=1S/C20H29F3N6O3/c1-19(2,3)32-17(30)26-15-5-4-6-29(13-15)18(31)28-9-7-27(8-10-28)16-24-11-14(12-25-16)20(21,22)23/h11-12,15H,4-10,13H2,1-3H3,(H,26,30)/t15-/m1/s1. The third kappa shape index (κ3) is 6.36. The molecule has 2 aliphatic rings. The van der Waals surface area contributed by atoms with Gasteiger partial charge < -0.3 is 24.8 Å². The van der Waals surface area contributed by atoms with E-state index in [1.54, 1.807) is 35.5 Å². The van der Waals surface area contributed by atoms with Gasteiger partial charge in [-0.25, -0.2) is 19.6 Å². The van der Waals surface area contributed by atoms with Crippen LogP contribution in [-0.4, -0.2) is 82.8 Å². The van der Waals surface area contributed by atoms with Crippen molar-refractivity contribution < 1.29 is 27.5 Å². The first-order chi connectivity index (χ1) is 14.9. The number of anilines is 1. The molecule has 0 aliphatic carbocycles. The van der Waals surface area contributed by atoms with E-state index in [0.29, 0.717) is 39.3 Å². The molecular weight excluding hydrogens is 429 g/mol. The molecule has 12 heteroatoms. The number of rotatable bonds is 2. The number of nitrogens with zero attached hydrogens (tertiary/aromatic N) is 5. The third-order valence-corrected chi connectivity index (χ3v) is 5.21. The first kappa shape index (κ1) is 23.9. The van der Waals surface area contributed by atoms with Gasteiger partial charge in [0.2, 0.25) is 5.95 Å². The molecule has 1 aromatic heterocycles. The van der Waals surface area contributed by atoms with Crippen molar-refractivity contribution in [3.63, 3.8) is 0 Å². The number of likely N-dealkylation sites (tertiary alicyclic amines) is 1. The van der Waals surface area contributed by atoms with Crippen molar-refractivity contribution in [2.75, 3.05) is 44.2 Å². The lowest BCUT2D eigenvalue weighted by atomic mass is 10.1. The van der Waals surface area contributed by atoms with E-state index in [2.05, 4.69) is 15.3 Å². The van der Waals surface area contributed by atoms with Gasteiger partial charge in [-0.3, -0.25) is 0 Å². The Kier molecular flexibility index (Phi) is 6.99. The maximum Gasteiger partial charge on any atom is 0.419 e. The number of nitrogens with one attached hydrogen (secondary N) is 1. The number of piperidine rings is 1. The van der Waals surface area contributed by atoms with Gasteiger partial charge in [0.1, 0.15) is 5.60 Å². The van der Waals surface area contributed by atoms with Crippen LogP contribution in [0.1, 0.15) is 39.2 Å². The van der Waals surface area contributed by atoms with Gasteiger partial charge in [-0.2, -0.15) is 13.2 Å². The lowest BCUT2D eigenvalue weighted by molar-refractivity contribution is -0.138. The summed E-state index contributed by atoms with van der Waals surface area (Å²) in [4.78, 5) is 37.8. The van der Waals surface area contributed by atoms with Gasteiger partial charge >= 0.3 is 18.3 Å². The van der Waals surface area contributed by atoms with Crippen molar-refractivity contribution in [1.29, 1.82) is 0 Å². The zero-order valence-corrected chi connectivity index (χ0v) is 18.5. The highest BCUT2D eigenvalue weighted by Gasteiger charge is 2.33. The fourth-order valence-corrected chi connectivity index (χ4v) is 3.67. The van der Waals surface area contributed by atoms with Crippen LogP contribution in [0.15, 0.2) is 12.4 Å². The van der Waals surface area contributed by atoms with Crippen LogP contribution in [0.5, 0.6) is 0 Å². The summed E-state index contributed by atoms with van der Waals surface area (Å²) in [6.07, 6.45) is -1.90. The molecule has 0 saturated carbocycles. The Morgan fingerprint density at radius 3 is 2.22 bits per heavy atom. The van der Waals surface area contributed by atoms with Crippen molar-refractivity contribution in [2.45, 2.75) is 51.4 Å². The first-order valence-corrected chi connectivity index (χ1v) is 10.6. The number of carbonyl (C=O) groups excluding carboxylic acids is 2. The maximum atomic E-state index is 12.9. The number of ether oxygens (including phenoxy) is 1. The number of alkyl halides is 3. The smallest absolute Gasteiger partial charge is 0.419 e. The fourth-order valence-electron chi connectivity index (χ4n) is 3.67. The molecule has 9 nitrogen and oxygen atoms in total. The zero-order valence-electron chi connectivity index (χ0n) is 18.5. The summed E-state index contributed by atoms with van der Waals surface area (Å²) in [7, 11) is 0. The van der Waals surface area contributed by atoms with E-state index in [4.69, 9.17) is 4.74 Å². The first-order valence-electron chi connectivity index (χ1n) is 10.6. The number of aromatic nitrogens is 2. The van der Waals surface area contributed by atoms with E-state index in [9.17, 15) is 22.8 Å². The SMILES string of the molecule is CC(C)(C)OC(=O)N[C@@H]1CCCN(C(=O)N2CCN(c3ncc(C(F)(F)F)cn3)CC2)C1. The minimum absolute atomic E-state index is 0.117. The lowest BCUT2D eigenvalue weighted by Gasteiger charge is -2.40. The number of piperazine rings is 1. The molecule has 1 aromatic rings. The topological polar surface area (TPSA) is 90.9 Å². The molecule has 3 amide bonds. The van der Waals surface area contributed by atoms with Crippen LogP contribution >= 0.6 is 0 Å². The number of carbonyl (C=O) groups is 2. The molecule has 2 fully saturated rings. The van der Waals surface area contributed by atoms with E-state index < -0.39 is 23.4 Å². The third-order valence-electron chi connectivity index (χ3n) is 5.21. The minimum atomic E-state index is -4.48. The predicted molar refractivity (Wildman–Crippen MR) is 110 cm³/mol. The number of halogens is 3. The van der Waals surface area contributed by atoms with E-state index in [1.165, 1.54) is 0 Å². The molecule has 178 valence electrons. The van der Waals surface area contributed by atoms with Crippen LogP contribution in [0.3, 0.4) is 0 Å². The Balaban J connectivity index is 1.50. The molecule has 1 N–H and O–H groups in total. The van der Waals surface area contributed by atoms with Crippen LogP contribution < -0.4 is 10.2 Å². The molecule has 0 radical (unpaired) electrons. The number of amides is 3. The van der Waals surface area contributed by atoms with Gasteiger partial charge in [-0.05, 0) is 33.6 Å². The van der Waals surface area contributed by atoms with Gasteiger partial charge in [-0.15, -0.1) is 0 Å². The van der Waals surface area contributed by atoms with Crippen molar-refractivity contribution >= 4 is 18.1 Å². The van der Waals surface area contributed by atoms with Crippen LogP contribution in [0.25, 0.3) is 0 Å². The van der Waals surface area contributed by atoms with Crippen LogP contribution in [-0.2, 0) is 10.9 Å². The summed E-state index contributed by atoms with van der Waals surface area (Å²) in [6.45, 7) is 8.03. The van der Waals surface area contributed by atoms with E-state index in [1.807, 2.05) is 0 Å². The molecule has 0 aromatic carbocycles. The maximum absolute atomic E-state index is 12.9. The van der Waals surface area contributed by atoms with Crippen molar-refractivity contribution in [2.24, 2.45) is 0 Å². The van der Waals surface area contributed by atoms with Crippen LogP contribution in [0.4, 0.5) is 28.7 Å². The highest BCUT2D eigenvalue weighted by molar-refractivity contribution is 5.75. The zero-order chi connectivity index (χ0) is 23.5. The molecule has 0 bridgehead atoms. The molecular formula is C20H29F3N6O3. The summed E-state index contributed by atoms with van der Waals surface area (Å²) < 4.78 is 43.3. The van der Waals surface area contributed by atoms with Gasteiger partial charge in [0, 0.05) is 57.7 Å². The van der Waals surface area contributed by atoms with Crippen LogP contribution in [0.2, 0.25) is 0 Å². The molecule has 0 unspecified atom stereocenters. The summed E-state index contributed by atoms with van der Waals surface area (Å²) in [6, 6.07) is -0.293. The Bertz CT molecular complexity index is 804. The van der Waals surface area contributed by atoms with Crippen molar-refractivity contribution in [1.82, 2.24) is 25.1 Å². The highest BCUT2D eigenvalue weighted by Crippen LogP contribution is 2.28. The minimum Gasteiger partial charge on any atom is -0.444 e. The van der Waals surface area contributed by atoms with E-state index >= 15 is 0 Å². The molecule has 0 spiro atoms. The number of alkyl carbamates (subject to hydrolysis) is 1. The number of urea groups is 1. The Labute approximate surface area is 184 Å². The normalized spacial score (nSPS) is 20.2. The average molecular weight is 458 g/mol. The summed E-state index contributed by atoms with van der Waals surface area (Å²) >= 11 is 0. The molecule has 2 saturated heterocycles. The fraction of sp³-hybridized carbons (Fsp3) is 0.700. The molecule has 1 atom stereocenters. The Hall–Kier alpha value is -2.79. The van der Waals surface area contributed by atoms with Crippen LogP contribution in [0, 0.1) is 0 Å². The van der Waals surface area contributed by atoms with Gasteiger partial charge in [0.05, 0.1) is 5.56 Å². The van der Waals surface area contributed by atoms with Crippen molar-refractivity contribution in [3.05, 3.63) is 18.0 Å². The number of hydrogen-bond donors (Lipinski definition) is 1. The van der Waals surface area contributed by atoms with Gasteiger partial charge in [0.25, 0.3) is 0 Å². The average Bonchev–Trinajstić information content (AvgIpc) is 2.71. The molecule has 3 rings (SSSR count). The van der Waals surface area contributed by atoms with Crippen molar-refractivity contribution in [3.8, 4) is 0 Å². The largest absolute Gasteiger partial charge is 0.444 e. The highest BCUT2D eigenvalue weighted by atomic mass is 19.4. The second-order valence-electron chi connectivity index (χ2n) is 8.96. The molecule has 3 heterocycles. The summed E-state index contributed by atoms with van der Waals surface area (Å²) in [5.74, 6) is 0.213. The summed E-state index contributed by atoms with van der Waals surface area (Å²) in [5, 5.41) is 2.83. The lowest BCUT2D eigenvalue weighted by Crippen LogP contribution is -2.57. The molecule has 2 aliphatic heterocycles. The molecule has 32 heavy (non-hydrogen) atoms. The van der Waals surface area contributed by atoms with E-state index in [0.717, 1.165) is 25.2 Å².